The fourth-order valence-electron chi connectivity index (χ4n) is 3.94. The largest absolute Gasteiger partial charge is 0.394 e. The molecule has 0 aromatic heterocycles. The maximum atomic E-state index is 10.6. The first-order chi connectivity index (χ1) is 16.0. The second-order valence-corrected chi connectivity index (χ2v) is 8.37. The lowest BCUT2D eigenvalue weighted by molar-refractivity contribution is -0.361. The highest BCUT2D eigenvalue weighted by Gasteiger charge is 2.51. The van der Waals surface area contributed by atoms with Crippen LogP contribution in [0.15, 0.2) is 0 Å². The zero-order chi connectivity index (χ0) is 25.3. The molecular formula is C18H32O16. The van der Waals surface area contributed by atoms with Crippen molar-refractivity contribution in [3.63, 3.8) is 0 Å². The van der Waals surface area contributed by atoms with Gasteiger partial charge in [-0.15, -0.1) is 0 Å². The van der Waals surface area contributed by atoms with Crippen LogP contribution in [0, 0.1) is 0 Å². The van der Waals surface area contributed by atoms with Gasteiger partial charge in [0.15, 0.2) is 18.9 Å². The van der Waals surface area contributed by atoms with E-state index >= 15 is 0 Å². The third-order valence-electron chi connectivity index (χ3n) is 6.07. The predicted octanol–water partition coefficient (Wildman–Crippen LogP) is -7.57. The van der Waals surface area contributed by atoms with Crippen LogP contribution in [0.4, 0.5) is 0 Å². The Labute approximate surface area is 192 Å². The molecule has 0 saturated carbocycles. The van der Waals surface area contributed by atoms with Crippen molar-refractivity contribution >= 4 is 0 Å². The molecule has 0 amide bonds. The average Bonchev–Trinajstić information content (AvgIpc) is 2.82. The summed E-state index contributed by atoms with van der Waals surface area (Å²) >= 11 is 0. The Hall–Kier alpha value is -0.640. The SMILES string of the molecule is OC[C@H]1O[C@H](OC[C@H]2OC(O)[C@H](O)[C@@H](O[C@H]3O[C@H](CO)[C@H](O)[C@H](O)[C@H]3O)[C@@H]2O)[C@H](O)[C@@H](O)[C@H]1O. The summed E-state index contributed by atoms with van der Waals surface area (Å²) in [5.41, 5.74) is 0. The van der Waals surface area contributed by atoms with Gasteiger partial charge in [-0.3, -0.25) is 0 Å². The normalized spacial score (nSPS) is 52.5. The molecule has 11 N–H and O–H groups in total. The first kappa shape index (κ1) is 27.9. The van der Waals surface area contributed by atoms with E-state index in [4.69, 9.17) is 23.7 Å². The second kappa shape index (κ2) is 11.6. The standard InChI is InChI=1S/C18H32O16/c19-1-4-7(21)10(24)12(26)17(32-4)30-3-6-9(23)15(14(28)16(29)31-6)34-18-13(27)11(25)8(22)5(2-20)33-18/h4-29H,1-3H2/t4-,5-,6-,7+,8+,9-,10+,11+,12-,13-,14-,15+,16?,17+,18-/m1/s1. The van der Waals surface area contributed by atoms with E-state index in [9.17, 15) is 56.2 Å². The van der Waals surface area contributed by atoms with Crippen LogP contribution < -0.4 is 0 Å². The van der Waals surface area contributed by atoms with Gasteiger partial charge in [0, 0.05) is 0 Å². The number of aliphatic hydroxyl groups is 11. The zero-order valence-corrected chi connectivity index (χ0v) is 17.7. The molecule has 1 unspecified atom stereocenters. The van der Waals surface area contributed by atoms with Crippen LogP contribution in [0.25, 0.3) is 0 Å². The van der Waals surface area contributed by atoms with Gasteiger partial charge < -0.3 is 79.9 Å². The molecule has 3 heterocycles. The Kier molecular flexibility index (Phi) is 9.54. The maximum absolute atomic E-state index is 10.6. The van der Waals surface area contributed by atoms with E-state index in [1.165, 1.54) is 0 Å². The van der Waals surface area contributed by atoms with Gasteiger partial charge in [0.05, 0.1) is 19.8 Å². The maximum Gasteiger partial charge on any atom is 0.187 e. The average molecular weight is 504 g/mol. The third kappa shape index (κ3) is 5.52. The number of aliphatic hydroxyl groups excluding tert-OH is 11. The summed E-state index contributed by atoms with van der Waals surface area (Å²) < 4.78 is 26.1. The molecule has 16 heteroatoms. The van der Waals surface area contributed by atoms with Gasteiger partial charge in [-0.25, -0.2) is 0 Å². The third-order valence-corrected chi connectivity index (χ3v) is 6.07. The number of hydrogen-bond donors (Lipinski definition) is 11. The lowest BCUT2D eigenvalue weighted by Crippen LogP contribution is -2.65. The second-order valence-electron chi connectivity index (χ2n) is 8.37. The van der Waals surface area contributed by atoms with Crippen LogP contribution >= 0.6 is 0 Å². The fraction of sp³-hybridized carbons (Fsp3) is 1.00. The highest BCUT2D eigenvalue weighted by Crippen LogP contribution is 2.29. The Bertz CT molecular complexity index is 637. The van der Waals surface area contributed by atoms with Crippen molar-refractivity contribution in [3.8, 4) is 0 Å². The van der Waals surface area contributed by atoms with Gasteiger partial charge >= 0.3 is 0 Å². The minimum atomic E-state index is -1.93. The molecule has 34 heavy (non-hydrogen) atoms. The zero-order valence-electron chi connectivity index (χ0n) is 17.7. The summed E-state index contributed by atoms with van der Waals surface area (Å²) in [5.74, 6) is 0. The van der Waals surface area contributed by atoms with Gasteiger partial charge in [0.25, 0.3) is 0 Å². The molecule has 3 saturated heterocycles. The van der Waals surface area contributed by atoms with Gasteiger partial charge in [-0.2, -0.15) is 0 Å². The highest BCUT2D eigenvalue weighted by molar-refractivity contribution is 4.94. The molecule has 0 aliphatic carbocycles. The van der Waals surface area contributed by atoms with Crippen molar-refractivity contribution in [3.05, 3.63) is 0 Å². The van der Waals surface area contributed by atoms with Crippen molar-refractivity contribution in [2.24, 2.45) is 0 Å². The Morgan fingerprint density at radius 2 is 1.00 bits per heavy atom. The Morgan fingerprint density at radius 3 is 1.53 bits per heavy atom. The van der Waals surface area contributed by atoms with Crippen molar-refractivity contribution in [1.82, 2.24) is 0 Å². The summed E-state index contributed by atoms with van der Waals surface area (Å²) in [6, 6.07) is 0. The highest BCUT2D eigenvalue weighted by atomic mass is 16.7. The van der Waals surface area contributed by atoms with E-state index < -0.39 is 112 Å². The minimum Gasteiger partial charge on any atom is -0.394 e. The molecule has 3 aliphatic rings. The van der Waals surface area contributed by atoms with E-state index in [0.717, 1.165) is 0 Å². The monoisotopic (exact) mass is 504 g/mol. The molecule has 3 rings (SSSR count). The summed E-state index contributed by atoms with van der Waals surface area (Å²) in [4.78, 5) is 0. The minimum absolute atomic E-state index is 0.609. The molecule has 0 aromatic rings. The van der Waals surface area contributed by atoms with Crippen LogP contribution in [-0.2, 0) is 23.7 Å². The van der Waals surface area contributed by atoms with E-state index in [1.54, 1.807) is 0 Å². The molecule has 3 aliphatic heterocycles. The smallest absolute Gasteiger partial charge is 0.187 e. The topological polar surface area (TPSA) is 269 Å². The quantitative estimate of drug-likeness (QED) is 0.154. The van der Waals surface area contributed by atoms with Crippen LogP contribution in [0.2, 0.25) is 0 Å². The lowest BCUT2D eigenvalue weighted by atomic mass is 9.97. The van der Waals surface area contributed by atoms with E-state index in [0.29, 0.717) is 0 Å². The van der Waals surface area contributed by atoms with Gasteiger partial charge in [-0.1, -0.05) is 0 Å². The molecule has 0 radical (unpaired) electrons. The van der Waals surface area contributed by atoms with Crippen molar-refractivity contribution in [2.75, 3.05) is 19.8 Å². The summed E-state index contributed by atoms with van der Waals surface area (Å²) in [6.07, 6.45) is -24.9. The molecular weight excluding hydrogens is 472 g/mol. The predicted molar refractivity (Wildman–Crippen MR) is 101 cm³/mol. The van der Waals surface area contributed by atoms with Gasteiger partial charge in [-0.05, 0) is 0 Å². The molecule has 16 nitrogen and oxygen atoms in total. The first-order valence-corrected chi connectivity index (χ1v) is 10.6. The van der Waals surface area contributed by atoms with E-state index in [2.05, 4.69) is 0 Å². The molecule has 0 spiro atoms. The van der Waals surface area contributed by atoms with Crippen molar-refractivity contribution in [1.29, 1.82) is 0 Å². The fourth-order valence-corrected chi connectivity index (χ4v) is 3.94. The number of ether oxygens (including phenoxy) is 5. The van der Waals surface area contributed by atoms with Crippen LogP contribution in [0.1, 0.15) is 0 Å². The van der Waals surface area contributed by atoms with Gasteiger partial charge in [0.1, 0.15) is 73.2 Å². The summed E-state index contributed by atoms with van der Waals surface area (Å²) in [6.45, 7) is -2.06. The molecule has 200 valence electrons. The summed E-state index contributed by atoms with van der Waals surface area (Å²) in [7, 11) is 0. The Morgan fingerprint density at radius 1 is 0.500 bits per heavy atom. The molecule has 15 atom stereocenters. The number of rotatable bonds is 7. The molecule has 0 bridgehead atoms. The summed E-state index contributed by atoms with van der Waals surface area (Å²) in [5, 5.41) is 109. The van der Waals surface area contributed by atoms with Crippen LogP contribution in [0.3, 0.4) is 0 Å². The first-order valence-electron chi connectivity index (χ1n) is 10.6. The van der Waals surface area contributed by atoms with Crippen molar-refractivity contribution < 1.29 is 79.9 Å². The molecule has 3 fully saturated rings. The van der Waals surface area contributed by atoms with Gasteiger partial charge in [0.2, 0.25) is 0 Å². The number of hydrogen-bond acceptors (Lipinski definition) is 16. The van der Waals surface area contributed by atoms with Crippen LogP contribution in [-0.4, -0.2) is 168 Å². The van der Waals surface area contributed by atoms with E-state index in [-0.39, 0.29) is 0 Å². The van der Waals surface area contributed by atoms with Crippen LogP contribution in [0.5, 0.6) is 0 Å². The Balaban J connectivity index is 1.65. The lowest BCUT2D eigenvalue weighted by Gasteiger charge is -2.45. The molecule has 0 aromatic carbocycles. The van der Waals surface area contributed by atoms with E-state index in [1.807, 2.05) is 0 Å². The van der Waals surface area contributed by atoms with Crippen molar-refractivity contribution in [2.45, 2.75) is 92.1 Å².